The molecular formula is C15H18F3N5S. The van der Waals surface area contributed by atoms with Gasteiger partial charge in [-0.3, -0.25) is 9.98 Å². The summed E-state index contributed by atoms with van der Waals surface area (Å²) in [5, 5.41) is 7.42. The van der Waals surface area contributed by atoms with E-state index in [0.29, 0.717) is 17.5 Å². The van der Waals surface area contributed by atoms with Crippen LogP contribution in [0.1, 0.15) is 22.0 Å². The summed E-state index contributed by atoms with van der Waals surface area (Å²) in [5.41, 5.74) is 1.20. The molecule has 2 heterocycles. The number of aryl methyl sites for hydroxylation is 1. The Morgan fingerprint density at radius 2 is 2.08 bits per heavy atom. The van der Waals surface area contributed by atoms with Crippen molar-refractivity contribution in [2.45, 2.75) is 26.1 Å². The third-order valence-electron chi connectivity index (χ3n) is 3.15. The Morgan fingerprint density at radius 3 is 2.67 bits per heavy atom. The number of nitrogens with zero attached hydrogens (tertiary/aromatic N) is 3. The van der Waals surface area contributed by atoms with E-state index < -0.39 is 11.9 Å². The lowest BCUT2D eigenvalue weighted by Gasteiger charge is -2.10. The van der Waals surface area contributed by atoms with E-state index in [1.54, 1.807) is 7.05 Å². The SMILES string of the molecule is CN=C(NCCc1ccc(C)nc1)NCc1nc(C(F)(F)F)cs1. The summed E-state index contributed by atoms with van der Waals surface area (Å²) in [4.78, 5) is 11.8. The minimum Gasteiger partial charge on any atom is -0.356 e. The average Bonchev–Trinajstić information content (AvgIpc) is 3.01. The number of thiazole rings is 1. The van der Waals surface area contributed by atoms with Gasteiger partial charge in [-0.05, 0) is 25.0 Å². The van der Waals surface area contributed by atoms with E-state index in [4.69, 9.17) is 0 Å². The van der Waals surface area contributed by atoms with E-state index in [1.165, 1.54) is 0 Å². The fourth-order valence-electron chi connectivity index (χ4n) is 1.87. The van der Waals surface area contributed by atoms with Crippen molar-refractivity contribution in [2.24, 2.45) is 4.99 Å². The van der Waals surface area contributed by atoms with Crippen molar-refractivity contribution in [3.8, 4) is 0 Å². The molecule has 0 saturated carbocycles. The van der Waals surface area contributed by atoms with Gasteiger partial charge >= 0.3 is 6.18 Å². The second-order valence-corrected chi connectivity index (χ2v) is 5.98. The first-order valence-electron chi connectivity index (χ1n) is 7.26. The molecule has 24 heavy (non-hydrogen) atoms. The number of hydrogen-bond acceptors (Lipinski definition) is 4. The highest BCUT2D eigenvalue weighted by atomic mass is 32.1. The molecule has 0 spiro atoms. The van der Waals surface area contributed by atoms with Crippen LogP contribution in [0.2, 0.25) is 0 Å². The van der Waals surface area contributed by atoms with Gasteiger partial charge in [0.15, 0.2) is 11.7 Å². The third kappa shape index (κ3) is 5.48. The van der Waals surface area contributed by atoms with Crippen molar-refractivity contribution in [1.29, 1.82) is 0 Å². The van der Waals surface area contributed by atoms with Crippen molar-refractivity contribution < 1.29 is 13.2 Å². The van der Waals surface area contributed by atoms with Crippen molar-refractivity contribution in [2.75, 3.05) is 13.6 Å². The summed E-state index contributed by atoms with van der Waals surface area (Å²) in [7, 11) is 1.60. The van der Waals surface area contributed by atoms with Crippen molar-refractivity contribution in [3.63, 3.8) is 0 Å². The van der Waals surface area contributed by atoms with Crippen LogP contribution in [0.4, 0.5) is 13.2 Å². The molecule has 2 aromatic rings. The van der Waals surface area contributed by atoms with Gasteiger partial charge in [0.25, 0.3) is 0 Å². The van der Waals surface area contributed by atoms with E-state index in [0.717, 1.165) is 34.4 Å². The predicted molar refractivity (Wildman–Crippen MR) is 88.0 cm³/mol. The molecule has 0 aliphatic heterocycles. The molecule has 2 aromatic heterocycles. The number of rotatable bonds is 5. The zero-order chi connectivity index (χ0) is 17.6. The van der Waals surface area contributed by atoms with Gasteiger partial charge in [0, 0.05) is 30.9 Å². The quantitative estimate of drug-likeness (QED) is 0.638. The smallest absolute Gasteiger partial charge is 0.356 e. The lowest BCUT2D eigenvalue weighted by Crippen LogP contribution is -2.37. The molecule has 0 fully saturated rings. The maximum absolute atomic E-state index is 12.5. The van der Waals surface area contributed by atoms with Crippen molar-refractivity contribution in [3.05, 3.63) is 45.7 Å². The summed E-state index contributed by atoms with van der Waals surface area (Å²) in [6.45, 7) is 2.75. The number of aromatic nitrogens is 2. The molecule has 0 aliphatic rings. The van der Waals surface area contributed by atoms with E-state index in [1.807, 2.05) is 25.3 Å². The number of alkyl halides is 3. The van der Waals surface area contributed by atoms with Crippen molar-refractivity contribution in [1.82, 2.24) is 20.6 Å². The average molecular weight is 357 g/mol. The first-order chi connectivity index (χ1) is 11.4. The van der Waals surface area contributed by atoms with Crippen LogP contribution in [0.15, 0.2) is 28.7 Å². The molecule has 0 atom stereocenters. The number of pyridine rings is 1. The topological polar surface area (TPSA) is 62.2 Å². The molecule has 0 aliphatic carbocycles. The van der Waals surface area contributed by atoms with Gasteiger partial charge in [-0.1, -0.05) is 6.07 Å². The summed E-state index contributed by atoms with van der Waals surface area (Å²) < 4.78 is 37.5. The standard InChI is InChI=1S/C15H18F3N5S/c1-10-3-4-11(7-21-10)5-6-20-14(19-2)22-8-13-23-12(9-24-13)15(16,17)18/h3-4,7,9H,5-6,8H2,1-2H3,(H2,19,20,22). The van der Waals surface area contributed by atoms with Gasteiger partial charge in [0.2, 0.25) is 0 Å². The maximum atomic E-state index is 12.5. The number of aliphatic imine (C=N–C) groups is 1. The summed E-state index contributed by atoms with van der Waals surface area (Å²) >= 11 is 0.966. The molecule has 2 N–H and O–H groups in total. The Bertz CT molecular complexity index is 679. The lowest BCUT2D eigenvalue weighted by molar-refractivity contribution is -0.140. The number of halogens is 3. The molecular weight excluding hydrogens is 339 g/mol. The maximum Gasteiger partial charge on any atom is 0.434 e. The molecule has 5 nitrogen and oxygen atoms in total. The van der Waals surface area contributed by atoms with Gasteiger partial charge in [-0.25, -0.2) is 4.98 Å². The Kier molecular flexibility index (Phi) is 6.13. The van der Waals surface area contributed by atoms with Crippen LogP contribution in [0.5, 0.6) is 0 Å². The minimum atomic E-state index is -4.41. The van der Waals surface area contributed by atoms with Gasteiger partial charge < -0.3 is 10.6 Å². The molecule has 0 aromatic carbocycles. The van der Waals surface area contributed by atoms with Crippen LogP contribution >= 0.6 is 11.3 Å². The van der Waals surface area contributed by atoms with Crippen LogP contribution < -0.4 is 10.6 Å². The molecule has 2 rings (SSSR count). The number of hydrogen-bond donors (Lipinski definition) is 2. The zero-order valence-electron chi connectivity index (χ0n) is 13.3. The first-order valence-corrected chi connectivity index (χ1v) is 8.14. The summed E-state index contributed by atoms with van der Waals surface area (Å²) in [6, 6.07) is 3.96. The Morgan fingerprint density at radius 1 is 1.29 bits per heavy atom. The predicted octanol–water partition coefficient (Wildman–Crippen LogP) is 2.77. The molecule has 0 saturated heterocycles. The van der Waals surface area contributed by atoms with Crippen LogP contribution in [0.25, 0.3) is 0 Å². The Balaban J connectivity index is 1.78. The van der Waals surface area contributed by atoms with Gasteiger partial charge in [-0.2, -0.15) is 13.2 Å². The van der Waals surface area contributed by atoms with E-state index >= 15 is 0 Å². The van der Waals surface area contributed by atoms with E-state index in [2.05, 4.69) is 25.6 Å². The van der Waals surface area contributed by atoms with Crippen LogP contribution in [0.3, 0.4) is 0 Å². The van der Waals surface area contributed by atoms with Crippen LogP contribution in [0, 0.1) is 6.92 Å². The monoisotopic (exact) mass is 357 g/mol. The Labute approximate surface area is 142 Å². The van der Waals surface area contributed by atoms with Gasteiger partial charge in [0.05, 0.1) is 6.54 Å². The van der Waals surface area contributed by atoms with Gasteiger partial charge in [0.1, 0.15) is 5.01 Å². The van der Waals surface area contributed by atoms with Crippen LogP contribution in [-0.4, -0.2) is 29.5 Å². The minimum absolute atomic E-state index is 0.187. The second-order valence-electron chi connectivity index (χ2n) is 5.03. The highest BCUT2D eigenvalue weighted by Crippen LogP contribution is 2.29. The molecule has 0 amide bonds. The largest absolute Gasteiger partial charge is 0.434 e. The number of guanidine groups is 1. The fraction of sp³-hybridized carbons (Fsp3) is 0.400. The Hall–Kier alpha value is -2.16. The van der Waals surface area contributed by atoms with Gasteiger partial charge in [-0.15, -0.1) is 11.3 Å². The van der Waals surface area contributed by atoms with Crippen LogP contribution in [-0.2, 0) is 19.1 Å². The van der Waals surface area contributed by atoms with E-state index in [9.17, 15) is 13.2 Å². The molecule has 0 radical (unpaired) electrons. The van der Waals surface area contributed by atoms with Crippen molar-refractivity contribution >= 4 is 17.3 Å². The lowest BCUT2D eigenvalue weighted by atomic mass is 10.2. The third-order valence-corrected chi connectivity index (χ3v) is 4.00. The molecule has 0 bridgehead atoms. The fourth-order valence-corrected chi connectivity index (χ4v) is 2.61. The number of nitrogens with one attached hydrogen (secondary N) is 2. The highest BCUT2D eigenvalue weighted by Gasteiger charge is 2.33. The zero-order valence-corrected chi connectivity index (χ0v) is 14.1. The first kappa shape index (κ1) is 18.2. The van der Waals surface area contributed by atoms with E-state index in [-0.39, 0.29) is 6.54 Å². The summed E-state index contributed by atoms with van der Waals surface area (Å²) in [6.07, 6.45) is -1.82. The molecule has 130 valence electrons. The normalized spacial score (nSPS) is 12.3. The molecule has 9 heteroatoms. The highest BCUT2D eigenvalue weighted by molar-refractivity contribution is 7.09. The molecule has 0 unspecified atom stereocenters. The second kappa shape index (κ2) is 8.09. The summed E-state index contributed by atoms with van der Waals surface area (Å²) in [5.74, 6) is 0.513.